The van der Waals surface area contributed by atoms with E-state index in [4.69, 9.17) is 0 Å². The molecule has 2 heterocycles. The first-order valence-corrected chi connectivity index (χ1v) is 9.95. The number of nitrogens with zero attached hydrogens (tertiary/aromatic N) is 2. The number of piperidine rings is 1. The molecule has 0 saturated carbocycles. The molecule has 0 radical (unpaired) electrons. The van der Waals surface area contributed by atoms with Crippen LogP contribution >= 0.6 is 0 Å². The Balaban J connectivity index is 1.45. The van der Waals surface area contributed by atoms with Gasteiger partial charge >= 0.3 is 5.97 Å². The van der Waals surface area contributed by atoms with Gasteiger partial charge < -0.3 is 15.0 Å². The average molecular weight is 401 g/mol. The van der Waals surface area contributed by atoms with E-state index in [1.807, 2.05) is 12.1 Å². The summed E-state index contributed by atoms with van der Waals surface area (Å²) in [5.41, 5.74) is 2.10. The zero-order valence-corrected chi connectivity index (χ0v) is 16.9. The summed E-state index contributed by atoms with van der Waals surface area (Å²) in [6, 6.07) is 6.86. The average Bonchev–Trinajstić information content (AvgIpc) is 2.96. The molecule has 1 aliphatic rings. The minimum Gasteiger partial charge on any atom is -0.478 e. The number of hydrogen-bond acceptors (Lipinski definition) is 3. The number of aryl methyl sites for hydroxylation is 2. The van der Waals surface area contributed by atoms with E-state index in [9.17, 15) is 19.1 Å². The van der Waals surface area contributed by atoms with Gasteiger partial charge in [0.15, 0.2) is 0 Å². The molecular formula is C22H28FN3O3. The van der Waals surface area contributed by atoms with Gasteiger partial charge in [-0.05, 0) is 50.4 Å². The van der Waals surface area contributed by atoms with Crippen molar-refractivity contribution >= 4 is 11.9 Å². The number of aromatic nitrogens is 1. The number of carbonyl (C=O) groups is 2. The molecule has 7 heteroatoms. The fourth-order valence-electron chi connectivity index (χ4n) is 4.03. The number of halogens is 1. The molecule has 0 aliphatic carbocycles. The Bertz CT molecular complexity index is 885. The molecule has 1 amide bonds. The molecule has 1 fully saturated rings. The third kappa shape index (κ3) is 5.23. The Morgan fingerprint density at radius 2 is 1.93 bits per heavy atom. The lowest BCUT2D eigenvalue weighted by Crippen LogP contribution is -2.39. The highest BCUT2D eigenvalue weighted by molar-refractivity contribution is 5.93. The Hall–Kier alpha value is -2.67. The molecular weight excluding hydrogens is 373 g/mol. The van der Waals surface area contributed by atoms with Crippen LogP contribution in [0.4, 0.5) is 4.39 Å². The lowest BCUT2D eigenvalue weighted by atomic mass is 9.96. The molecule has 0 bridgehead atoms. The summed E-state index contributed by atoms with van der Waals surface area (Å²) in [6.07, 6.45) is 3.67. The minimum absolute atomic E-state index is 0.0537. The zero-order valence-electron chi connectivity index (χ0n) is 16.9. The van der Waals surface area contributed by atoms with E-state index in [0.717, 1.165) is 25.9 Å². The van der Waals surface area contributed by atoms with Gasteiger partial charge in [-0.25, -0.2) is 9.18 Å². The number of aromatic carboxylic acids is 1. The van der Waals surface area contributed by atoms with Gasteiger partial charge in [0.2, 0.25) is 5.91 Å². The van der Waals surface area contributed by atoms with Crippen molar-refractivity contribution in [3.05, 3.63) is 58.7 Å². The molecule has 1 saturated heterocycles. The second kappa shape index (κ2) is 9.22. The van der Waals surface area contributed by atoms with Gasteiger partial charge in [0.05, 0.1) is 12.0 Å². The SMILES string of the molecule is Cc1cn(C)c(CC(=O)NCC2CCN(Cc3ccccc3F)CC2)c1C(=O)O. The van der Waals surface area contributed by atoms with Gasteiger partial charge in [-0.3, -0.25) is 9.69 Å². The first-order valence-electron chi connectivity index (χ1n) is 9.95. The summed E-state index contributed by atoms with van der Waals surface area (Å²) in [5, 5.41) is 12.3. The number of rotatable bonds is 7. The summed E-state index contributed by atoms with van der Waals surface area (Å²) in [7, 11) is 1.76. The van der Waals surface area contributed by atoms with Gasteiger partial charge in [0.1, 0.15) is 5.82 Å². The van der Waals surface area contributed by atoms with Crippen molar-refractivity contribution in [2.45, 2.75) is 32.7 Å². The predicted molar refractivity (Wildman–Crippen MR) is 108 cm³/mol. The molecule has 6 nitrogen and oxygen atoms in total. The van der Waals surface area contributed by atoms with Crippen LogP contribution in [0.1, 0.15) is 40.0 Å². The van der Waals surface area contributed by atoms with Crippen molar-refractivity contribution in [2.24, 2.45) is 13.0 Å². The van der Waals surface area contributed by atoms with Gasteiger partial charge in [0.25, 0.3) is 0 Å². The third-order valence-electron chi connectivity index (χ3n) is 5.68. The summed E-state index contributed by atoms with van der Waals surface area (Å²) < 4.78 is 15.5. The molecule has 0 spiro atoms. The third-order valence-corrected chi connectivity index (χ3v) is 5.68. The monoisotopic (exact) mass is 401 g/mol. The quantitative estimate of drug-likeness (QED) is 0.748. The van der Waals surface area contributed by atoms with E-state index < -0.39 is 5.97 Å². The van der Waals surface area contributed by atoms with Crippen LogP contribution in [0.3, 0.4) is 0 Å². The highest BCUT2D eigenvalue weighted by Gasteiger charge is 2.22. The van der Waals surface area contributed by atoms with Crippen LogP contribution in [-0.2, 0) is 24.8 Å². The van der Waals surface area contributed by atoms with E-state index in [2.05, 4.69) is 10.2 Å². The molecule has 1 aliphatic heterocycles. The van der Waals surface area contributed by atoms with E-state index in [1.54, 1.807) is 30.8 Å². The summed E-state index contributed by atoms with van der Waals surface area (Å²) in [5.74, 6) is -0.959. The van der Waals surface area contributed by atoms with Crippen LogP contribution in [0, 0.1) is 18.7 Å². The predicted octanol–water partition coefficient (Wildman–Crippen LogP) is 2.74. The van der Waals surface area contributed by atoms with Crippen molar-refractivity contribution in [3.63, 3.8) is 0 Å². The van der Waals surface area contributed by atoms with Crippen LogP contribution in [0.15, 0.2) is 30.5 Å². The number of nitrogens with one attached hydrogen (secondary N) is 1. The lowest BCUT2D eigenvalue weighted by molar-refractivity contribution is -0.120. The van der Waals surface area contributed by atoms with E-state index in [0.29, 0.717) is 35.8 Å². The largest absolute Gasteiger partial charge is 0.478 e. The number of hydrogen-bond donors (Lipinski definition) is 2. The highest BCUT2D eigenvalue weighted by atomic mass is 19.1. The molecule has 3 rings (SSSR count). The molecule has 1 aromatic heterocycles. The lowest BCUT2D eigenvalue weighted by Gasteiger charge is -2.32. The van der Waals surface area contributed by atoms with E-state index >= 15 is 0 Å². The van der Waals surface area contributed by atoms with Crippen molar-refractivity contribution in [1.29, 1.82) is 0 Å². The molecule has 29 heavy (non-hydrogen) atoms. The van der Waals surface area contributed by atoms with Crippen LogP contribution in [-0.4, -0.2) is 46.1 Å². The number of benzene rings is 1. The molecule has 1 aromatic carbocycles. The topological polar surface area (TPSA) is 74.6 Å². The van der Waals surface area contributed by atoms with Crippen molar-refractivity contribution < 1.29 is 19.1 Å². The number of likely N-dealkylation sites (tertiary alicyclic amines) is 1. The first kappa shape index (κ1) is 21.0. The van der Waals surface area contributed by atoms with Crippen molar-refractivity contribution in [3.8, 4) is 0 Å². The maximum Gasteiger partial charge on any atom is 0.337 e. The van der Waals surface area contributed by atoms with Crippen LogP contribution in [0.5, 0.6) is 0 Å². The molecule has 0 unspecified atom stereocenters. The summed E-state index contributed by atoms with van der Waals surface area (Å²) >= 11 is 0. The van der Waals surface area contributed by atoms with E-state index in [1.165, 1.54) is 6.07 Å². The van der Waals surface area contributed by atoms with E-state index in [-0.39, 0.29) is 23.7 Å². The number of carboxylic acids is 1. The molecule has 0 atom stereocenters. The summed E-state index contributed by atoms with van der Waals surface area (Å²) in [4.78, 5) is 26.1. The normalized spacial score (nSPS) is 15.4. The van der Waals surface area contributed by atoms with Crippen molar-refractivity contribution in [2.75, 3.05) is 19.6 Å². The fourth-order valence-corrected chi connectivity index (χ4v) is 4.03. The zero-order chi connectivity index (χ0) is 21.0. The van der Waals surface area contributed by atoms with Crippen LogP contribution < -0.4 is 5.32 Å². The Morgan fingerprint density at radius 1 is 1.24 bits per heavy atom. The standard InChI is InChI=1S/C22H28FN3O3/c1-15-13-25(2)19(21(15)22(28)29)11-20(27)24-12-16-7-9-26(10-8-16)14-17-5-3-4-6-18(17)23/h3-6,13,16H,7-12,14H2,1-2H3,(H,24,27)(H,28,29). The minimum atomic E-state index is -1.01. The van der Waals surface area contributed by atoms with Crippen LogP contribution in [0.2, 0.25) is 0 Å². The maximum atomic E-state index is 13.8. The van der Waals surface area contributed by atoms with Gasteiger partial charge in [-0.1, -0.05) is 18.2 Å². The van der Waals surface area contributed by atoms with Gasteiger partial charge in [-0.2, -0.15) is 0 Å². The molecule has 2 N–H and O–H groups in total. The first-order chi connectivity index (χ1) is 13.8. The Morgan fingerprint density at radius 3 is 2.59 bits per heavy atom. The number of amides is 1. The van der Waals surface area contributed by atoms with Gasteiger partial charge in [0, 0.05) is 37.6 Å². The number of carboxylic acid groups (broad SMARTS) is 1. The van der Waals surface area contributed by atoms with Crippen molar-refractivity contribution in [1.82, 2.24) is 14.8 Å². The fraction of sp³-hybridized carbons (Fsp3) is 0.455. The maximum absolute atomic E-state index is 13.8. The Labute approximate surface area is 170 Å². The summed E-state index contributed by atoms with van der Waals surface area (Å²) in [6.45, 7) is 4.67. The number of carbonyl (C=O) groups excluding carboxylic acids is 1. The highest BCUT2D eigenvalue weighted by Crippen LogP contribution is 2.20. The molecule has 2 aromatic rings. The molecule has 156 valence electrons. The Kier molecular flexibility index (Phi) is 6.69. The second-order valence-electron chi connectivity index (χ2n) is 7.84. The van der Waals surface area contributed by atoms with Crippen LogP contribution in [0.25, 0.3) is 0 Å². The second-order valence-corrected chi connectivity index (χ2v) is 7.84. The smallest absolute Gasteiger partial charge is 0.337 e. The van der Waals surface area contributed by atoms with Gasteiger partial charge in [-0.15, -0.1) is 0 Å².